The van der Waals surface area contributed by atoms with E-state index in [4.69, 9.17) is 9.84 Å². The summed E-state index contributed by atoms with van der Waals surface area (Å²) in [6.45, 7) is 1.31. The van der Waals surface area contributed by atoms with E-state index >= 15 is 0 Å². The van der Waals surface area contributed by atoms with E-state index < -0.39 is 5.91 Å². The van der Waals surface area contributed by atoms with Crippen molar-refractivity contribution in [3.05, 3.63) is 66.1 Å². The Morgan fingerprint density at radius 1 is 1.12 bits per heavy atom. The van der Waals surface area contributed by atoms with Gasteiger partial charge in [0.2, 0.25) is 0 Å². The Bertz CT molecular complexity index is 769. The molecule has 0 aliphatic heterocycles. The molecule has 7 nitrogen and oxygen atoms in total. The third kappa shape index (κ3) is 5.43. The van der Waals surface area contributed by atoms with Crippen LogP contribution in [-0.4, -0.2) is 29.3 Å². The quantitative estimate of drug-likeness (QED) is 0.407. The normalized spacial score (nSPS) is 11.9. The van der Waals surface area contributed by atoms with Crippen LogP contribution in [0.2, 0.25) is 0 Å². The lowest BCUT2D eigenvalue weighted by molar-refractivity contribution is -0.113. The van der Waals surface area contributed by atoms with Crippen molar-refractivity contribution in [3.8, 4) is 5.75 Å². The number of para-hydroxylation sites is 2. The number of nitrogens with zero attached hydrogens (tertiary/aromatic N) is 2. The predicted octanol–water partition coefficient (Wildman–Crippen LogP) is 3.57. The topological polar surface area (TPSA) is 104 Å². The van der Waals surface area contributed by atoms with Gasteiger partial charge in [-0.3, -0.25) is 4.79 Å². The molecule has 0 saturated carbocycles. The largest absolute Gasteiger partial charge is 0.510 e. The molecule has 0 aliphatic carbocycles. The molecule has 0 radical (unpaired) electrons. The molecule has 0 bridgehead atoms. The maximum Gasteiger partial charge on any atom is 0.279 e. The van der Waals surface area contributed by atoms with Crippen LogP contribution >= 0.6 is 0 Å². The number of rotatable bonds is 7. The third-order valence-corrected chi connectivity index (χ3v) is 3.06. The number of azo groups is 1. The zero-order valence-electron chi connectivity index (χ0n) is 13.7. The van der Waals surface area contributed by atoms with E-state index in [0.29, 0.717) is 17.1 Å². The smallest absolute Gasteiger partial charge is 0.279 e. The Kier molecular flexibility index (Phi) is 6.67. The van der Waals surface area contributed by atoms with Crippen LogP contribution in [0.25, 0.3) is 0 Å². The van der Waals surface area contributed by atoms with Gasteiger partial charge in [-0.1, -0.05) is 30.3 Å². The van der Waals surface area contributed by atoms with Gasteiger partial charge < -0.3 is 20.3 Å². The second kappa shape index (κ2) is 9.19. The standard InChI is InChI=1S/C18H19N3O4/c1-13(23)17(21-20-14-7-3-2-4-8-14)18(24)19-15-9-5-6-10-16(15)25-12-11-22/h2-10,22-23H,11-12H2,1H3,(H,19,24). The number of aliphatic hydroxyl groups is 2. The molecule has 2 rings (SSSR count). The van der Waals surface area contributed by atoms with Crippen LogP contribution in [0, 0.1) is 0 Å². The molecule has 3 N–H and O–H groups in total. The van der Waals surface area contributed by atoms with Crippen molar-refractivity contribution < 1.29 is 19.7 Å². The first-order chi connectivity index (χ1) is 12.1. The van der Waals surface area contributed by atoms with Gasteiger partial charge >= 0.3 is 0 Å². The summed E-state index contributed by atoms with van der Waals surface area (Å²) in [5.74, 6) is -0.481. The summed E-state index contributed by atoms with van der Waals surface area (Å²) in [4.78, 5) is 12.4. The van der Waals surface area contributed by atoms with Gasteiger partial charge in [-0.2, -0.15) is 5.11 Å². The molecule has 0 fully saturated rings. The van der Waals surface area contributed by atoms with Gasteiger partial charge in [-0.05, 0) is 31.2 Å². The van der Waals surface area contributed by atoms with Gasteiger partial charge in [-0.25, -0.2) is 0 Å². The highest BCUT2D eigenvalue weighted by atomic mass is 16.5. The highest BCUT2D eigenvalue weighted by Crippen LogP contribution is 2.25. The minimum absolute atomic E-state index is 0.0995. The summed E-state index contributed by atoms with van der Waals surface area (Å²) in [6, 6.07) is 15.6. The van der Waals surface area contributed by atoms with Crippen LogP contribution < -0.4 is 10.1 Å². The summed E-state index contributed by atoms with van der Waals surface area (Å²) in [6.07, 6.45) is 0. The van der Waals surface area contributed by atoms with Crippen molar-refractivity contribution in [1.29, 1.82) is 0 Å². The molecule has 7 heteroatoms. The van der Waals surface area contributed by atoms with Gasteiger partial charge in [-0.15, -0.1) is 5.11 Å². The lowest BCUT2D eigenvalue weighted by atomic mass is 10.2. The highest BCUT2D eigenvalue weighted by molar-refractivity contribution is 6.04. The van der Waals surface area contributed by atoms with Crippen LogP contribution in [0.5, 0.6) is 5.75 Å². The zero-order chi connectivity index (χ0) is 18.1. The van der Waals surface area contributed by atoms with Gasteiger partial charge in [0.05, 0.1) is 18.0 Å². The molecule has 2 aromatic rings. The number of benzene rings is 2. The number of nitrogens with one attached hydrogen (secondary N) is 1. The number of allylic oxidation sites excluding steroid dienone is 1. The molecular formula is C18H19N3O4. The van der Waals surface area contributed by atoms with E-state index in [1.54, 1.807) is 48.5 Å². The van der Waals surface area contributed by atoms with E-state index in [0.717, 1.165) is 0 Å². The van der Waals surface area contributed by atoms with Crippen LogP contribution in [0.15, 0.2) is 76.3 Å². The number of carbonyl (C=O) groups is 1. The first kappa shape index (κ1) is 18.2. The lowest BCUT2D eigenvalue weighted by Crippen LogP contribution is -2.16. The SMILES string of the molecule is CC(O)=C(N=Nc1ccccc1)C(=O)Nc1ccccc1OCCO. The molecule has 25 heavy (non-hydrogen) atoms. The van der Waals surface area contributed by atoms with Crippen molar-refractivity contribution in [2.45, 2.75) is 6.92 Å². The number of hydrogen-bond donors (Lipinski definition) is 3. The first-order valence-electron chi connectivity index (χ1n) is 7.62. The third-order valence-electron chi connectivity index (χ3n) is 3.06. The second-order valence-corrected chi connectivity index (χ2v) is 4.99. The monoisotopic (exact) mass is 341 g/mol. The lowest BCUT2D eigenvalue weighted by Gasteiger charge is -2.11. The molecule has 0 aliphatic rings. The van der Waals surface area contributed by atoms with Gasteiger partial charge in [0, 0.05) is 0 Å². The Hall–Kier alpha value is -3.19. The predicted molar refractivity (Wildman–Crippen MR) is 93.9 cm³/mol. The van der Waals surface area contributed by atoms with Crippen molar-refractivity contribution in [2.75, 3.05) is 18.5 Å². The number of anilines is 1. The van der Waals surface area contributed by atoms with Gasteiger partial charge in [0.25, 0.3) is 5.91 Å². The Balaban J connectivity index is 2.17. The molecule has 0 unspecified atom stereocenters. The summed E-state index contributed by atoms with van der Waals surface area (Å²) >= 11 is 0. The molecule has 0 aromatic heterocycles. The Morgan fingerprint density at radius 3 is 2.48 bits per heavy atom. The average molecular weight is 341 g/mol. The highest BCUT2D eigenvalue weighted by Gasteiger charge is 2.15. The summed E-state index contributed by atoms with van der Waals surface area (Å²) in [5.41, 5.74) is 0.746. The van der Waals surface area contributed by atoms with E-state index in [-0.39, 0.29) is 24.7 Å². The van der Waals surface area contributed by atoms with E-state index in [1.165, 1.54) is 6.92 Å². The number of hydrogen-bond acceptors (Lipinski definition) is 6. The van der Waals surface area contributed by atoms with Crippen molar-refractivity contribution in [3.63, 3.8) is 0 Å². The molecule has 0 heterocycles. The van der Waals surface area contributed by atoms with Crippen molar-refractivity contribution in [2.24, 2.45) is 10.2 Å². The van der Waals surface area contributed by atoms with Crippen LogP contribution in [0.3, 0.4) is 0 Å². The molecule has 2 aromatic carbocycles. The number of aliphatic hydroxyl groups excluding tert-OH is 2. The maximum absolute atomic E-state index is 12.4. The minimum Gasteiger partial charge on any atom is -0.510 e. The fraction of sp³-hybridized carbons (Fsp3) is 0.167. The minimum atomic E-state index is -0.625. The fourth-order valence-electron chi connectivity index (χ4n) is 1.92. The maximum atomic E-state index is 12.4. The molecule has 0 atom stereocenters. The van der Waals surface area contributed by atoms with E-state index in [1.807, 2.05) is 6.07 Å². The molecule has 130 valence electrons. The van der Waals surface area contributed by atoms with E-state index in [2.05, 4.69) is 15.5 Å². The van der Waals surface area contributed by atoms with Crippen LogP contribution in [0.4, 0.5) is 11.4 Å². The number of amides is 1. The molecular weight excluding hydrogens is 322 g/mol. The second-order valence-electron chi connectivity index (χ2n) is 4.99. The number of ether oxygens (including phenoxy) is 1. The van der Waals surface area contributed by atoms with Crippen LogP contribution in [-0.2, 0) is 4.79 Å². The fourth-order valence-corrected chi connectivity index (χ4v) is 1.92. The molecule has 0 saturated heterocycles. The molecule has 1 amide bonds. The summed E-state index contributed by atoms with van der Waals surface area (Å²) in [5, 5.41) is 29.0. The molecule has 0 spiro atoms. The Morgan fingerprint density at radius 2 is 1.80 bits per heavy atom. The summed E-state index contributed by atoms with van der Waals surface area (Å²) < 4.78 is 5.36. The van der Waals surface area contributed by atoms with Gasteiger partial charge in [0.15, 0.2) is 5.70 Å². The number of carbonyl (C=O) groups excluding carboxylic acids is 1. The van der Waals surface area contributed by atoms with E-state index in [9.17, 15) is 9.90 Å². The Labute approximate surface area is 145 Å². The summed E-state index contributed by atoms with van der Waals surface area (Å²) in [7, 11) is 0. The van der Waals surface area contributed by atoms with Gasteiger partial charge in [0.1, 0.15) is 18.1 Å². The zero-order valence-corrected chi connectivity index (χ0v) is 13.7. The van der Waals surface area contributed by atoms with Crippen LogP contribution in [0.1, 0.15) is 6.92 Å². The van der Waals surface area contributed by atoms with Crippen molar-refractivity contribution in [1.82, 2.24) is 0 Å². The average Bonchev–Trinajstić information content (AvgIpc) is 2.62. The van der Waals surface area contributed by atoms with Crippen molar-refractivity contribution >= 4 is 17.3 Å². The first-order valence-corrected chi connectivity index (χ1v) is 7.62.